The smallest absolute Gasteiger partial charge is 0.318 e. The van der Waals surface area contributed by atoms with Crippen LogP contribution in [0.2, 0.25) is 0 Å². The summed E-state index contributed by atoms with van der Waals surface area (Å²) in [7, 11) is 1.53. The molecule has 0 spiro atoms. The predicted molar refractivity (Wildman–Crippen MR) is 138 cm³/mol. The van der Waals surface area contributed by atoms with Crippen molar-refractivity contribution < 1.29 is 19.6 Å². The second-order valence-corrected chi connectivity index (χ2v) is 9.83. The van der Waals surface area contributed by atoms with Gasteiger partial charge >= 0.3 is 6.03 Å². The van der Waals surface area contributed by atoms with Crippen LogP contribution in [0, 0.1) is 11.8 Å². The number of nitrogens with zero attached hydrogens (tertiary/aromatic N) is 1. The van der Waals surface area contributed by atoms with Crippen molar-refractivity contribution in [3.63, 3.8) is 0 Å². The lowest BCUT2D eigenvalue weighted by atomic mass is 10.1. The summed E-state index contributed by atoms with van der Waals surface area (Å²) in [6.07, 6.45) is 1.07. The van der Waals surface area contributed by atoms with Crippen LogP contribution in [0.5, 0.6) is 0 Å². The number of carbonyl (C=O) groups excluding carboxylic acids is 3. The summed E-state index contributed by atoms with van der Waals surface area (Å²) in [5.41, 5.74) is 2.66. The zero-order valence-corrected chi connectivity index (χ0v) is 21.4. The van der Waals surface area contributed by atoms with Crippen molar-refractivity contribution in [1.82, 2.24) is 21.0 Å². The fraction of sp³-hybridized carbons (Fsp3) is 0.423. The number of hydrogen-bond donors (Lipinski definition) is 4. The summed E-state index contributed by atoms with van der Waals surface area (Å²) in [5.74, 6) is -0.771. The van der Waals surface area contributed by atoms with Gasteiger partial charge in [0.15, 0.2) is 0 Å². The number of benzene rings is 2. The second kappa shape index (κ2) is 15.1. The Morgan fingerprint density at radius 1 is 0.971 bits per heavy atom. The van der Waals surface area contributed by atoms with Gasteiger partial charge in [0.1, 0.15) is 6.04 Å². The van der Waals surface area contributed by atoms with E-state index < -0.39 is 23.9 Å². The highest BCUT2D eigenvalue weighted by Gasteiger charge is 2.28. The van der Waals surface area contributed by atoms with Crippen molar-refractivity contribution in [2.45, 2.75) is 37.6 Å². The van der Waals surface area contributed by atoms with Gasteiger partial charge in [-0.2, -0.15) is 0 Å². The van der Waals surface area contributed by atoms with Crippen molar-refractivity contribution >= 4 is 29.6 Å². The first-order chi connectivity index (χ1) is 16.8. The molecule has 8 nitrogen and oxygen atoms in total. The van der Waals surface area contributed by atoms with Crippen LogP contribution in [-0.2, 0) is 16.0 Å². The van der Waals surface area contributed by atoms with Gasteiger partial charge in [-0.05, 0) is 30.0 Å². The molecule has 0 saturated heterocycles. The molecule has 2 atom stereocenters. The number of nitrogens with one attached hydrogen (secondary N) is 3. The molecule has 0 heterocycles. The third-order valence-corrected chi connectivity index (χ3v) is 6.70. The first-order valence-corrected chi connectivity index (χ1v) is 12.7. The molecular weight excluding hydrogens is 464 g/mol. The molecule has 0 aliphatic carbocycles. The summed E-state index contributed by atoms with van der Waals surface area (Å²) in [5, 5.41) is 14.8. The lowest BCUT2D eigenvalue weighted by molar-refractivity contribution is -0.133. The van der Waals surface area contributed by atoms with E-state index in [0.717, 1.165) is 16.9 Å². The maximum absolute atomic E-state index is 13.3. The van der Waals surface area contributed by atoms with E-state index in [9.17, 15) is 19.6 Å². The molecule has 2 aromatic rings. The molecule has 0 aliphatic rings. The minimum Gasteiger partial charge on any atom is -0.357 e. The van der Waals surface area contributed by atoms with Crippen LogP contribution in [0.15, 0.2) is 65.6 Å². The van der Waals surface area contributed by atoms with E-state index in [2.05, 4.69) is 24.5 Å². The zero-order valence-electron chi connectivity index (χ0n) is 20.6. The van der Waals surface area contributed by atoms with Gasteiger partial charge in [0.2, 0.25) is 11.8 Å². The molecule has 190 valence electrons. The number of carbonyl (C=O) groups is 3. The van der Waals surface area contributed by atoms with Crippen molar-refractivity contribution in [2.75, 3.05) is 25.9 Å². The third-order valence-electron chi connectivity index (χ3n) is 5.52. The summed E-state index contributed by atoms with van der Waals surface area (Å²) in [6, 6.07) is 17.9. The normalized spacial score (nSPS) is 12.5. The van der Waals surface area contributed by atoms with E-state index in [4.69, 9.17) is 0 Å². The number of thioether (sulfide) groups is 1. The van der Waals surface area contributed by atoms with Crippen molar-refractivity contribution in [2.24, 2.45) is 11.8 Å². The Morgan fingerprint density at radius 2 is 1.60 bits per heavy atom. The Kier molecular flexibility index (Phi) is 12.1. The van der Waals surface area contributed by atoms with E-state index in [1.807, 2.05) is 60.7 Å². The average Bonchev–Trinajstić information content (AvgIpc) is 2.87. The van der Waals surface area contributed by atoms with Gasteiger partial charge in [0.25, 0.3) is 0 Å². The van der Waals surface area contributed by atoms with Crippen LogP contribution < -0.4 is 16.1 Å². The highest BCUT2D eigenvalue weighted by atomic mass is 32.2. The fourth-order valence-corrected chi connectivity index (χ4v) is 4.45. The topological polar surface area (TPSA) is 111 Å². The van der Waals surface area contributed by atoms with Crippen LogP contribution in [0.25, 0.3) is 0 Å². The van der Waals surface area contributed by atoms with E-state index in [1.165, 1.54) is 18.8 Å². The predicted octanol–water partition coefficient (Wildman–Crippen LogP) is 3.32. The molecule has 0 aromatic heterocycles. The van der Waals surface area contributed by atoms with E-state index >= 15 is 0 Å². The minimum atomic E-state index is -0.764. The van der Waals surface area contributed by atoms with Gasteiger partial charge in [0.05, 0.1) is 5.92 Å². The van der Waals surface area contributed by atoms with Gasteiger partial charge in [-0.1, -0.05) is 62.4 Å². The standard InChI is InChI=1S/C26H36N4O4S/c1-19(2)14-15-30(17-21(24(31)29-34)18-35-22-12-8-5-9-13-22)26(33)28-23(25(32)27-3)16-20-10-6-4-7-11-20/h4-13,19,21,23,34H,14-18H2,1-3H3,(H,27,32)(H,28,33)(H,29,31). The first kappa shape index (κ1) is 28.2. The Morgan fingerprint density at radius 3 is 2.17 bits per heavy atom. The molecule has 35 heavy (non-hydrogen) atoms. The Balaban J connectivity index is 2.16. The molecule has 2 rings (SSSR count). The largest absolute Gasteiger partial charge is 0.357 e. The molecule has 4 amide bonds. The first-order valence-electron chi connectivity index (χ1n) is 11.8. The Hall–Kier alpha value is -3.04. The number of hydroxylamine groups is 1. The summed E-state index contributed by atoms with van der Waals surface area (Å²) in [6.45, 7) is 4.64. The van der Waals surface area contributed by atoms with E-state index in [-0.39, 0.29) is 12.5 Å². The summed E-state index contributed by atoms with van der Waals surface area (Å²) in [4.78, 5) is 40.9. The quantitative estimate of drug-likeness (QED) is 0.192. The Labute approximate surface area is 211 Å². The Bertz CT molecular complexity index is 927. The van der Waals surface area contributed by atoms with Gasteiger partial charge in [0, 0.05) is 37.2 Å². The fourth-order valence-electron chi connectivity index (χ4n) is 3.45. The number of likely N-dealkylation sites (N-methyl/N-ethyl adjacent to an activating group) is 1. The number of rotatable bonds is 13. The molecule has 9 heteroatoms. The van der Waals surface area contributed by atoms with Gasteiger partial charge in [-0.3, -0.25) is 14.8 Å². The highest BCUT2D eigenvalue weighted by Crippen LogP contribution is 2.21. The number of amides is 4. The van der Waals surface area contributed by atoms with Crippen molar-refractivity contribution in [1.29, 1.82) is 0 Å². The van der Waals surface area contributed by atoms with Gasteiger partial charge in [-0.15, -0.1) is 11.8 Å². The molecule has 0 radical (unpaired) electrons. The second-order valence-electron chi connectivity index (χ2n) is 8.73. The molecule has 4 N–H and O–H groups in total. The van der Waals surface area contributed by atoms with Crippen LogP contribution in [-0.4, -0.2) is 59.9 Å². The molecule has 0 saturated carbocycles. The minimum absolute atomic E-state index is 0.108. The summed E-state index contributed by atoms with van der Waals surface area (Å²) < 4.78 is 0. The van der Waals surface area contributed by atoms with Crippen LogP contribution in [0.3, 0.4) is 0 Å². The molecule has 2 aromatic carbocycles. The van der Waals surface area contributed by atoms with E-state index in [0.29, 0.717) is 24.6 Å². The average molecular weight is 501 g/mol. The van der Waals surface area contributed by atoms with E-state index in [1.54, 1.807) is 10.4 Å². The molecule has 0 fully saturated rings. The van der Waals surface area contributed by atoms with Crippen molar-refractivity contribution in [3.8, 4) is 0 Å². The molecule has 0 bridgehead atoms. The number of urea groups is 1. The SMILES string of the molecule is CNC(=O)C(Cc1ccccc1)NC(=O)N(CCC(C)C)CC(CSc1ccccc1)C(=O)NO. The zero-order chi connectivity index (χ0) is 25.6. The molecule has 2 unspecified atom stereocenters. The van der Waals surface area contributed by atoms with Gasteiger partial charge in [-0.25, -0.2) is 10.3 Å². The maximum Gasteiger partial charge on any atom is 0.318 e. The van der Waals surface area contributed by atoms with Crippen LogP contribution in [0.4, 0.5) is 4.79 Å². The van der Waals surface area contributed by atoms with Gasteiger partial charge < -0.3 is 15.5 Å². The monoisotopic (exact) mass is 500 g/mol. The van der Waals surface area contributed by atoms with Crippen molar-refractivity contribution in [3.05, 3.63) is 66.2 Å². The van der Waals surface area contributed by atoms with Crippen LogP contribution >= 0.6 is 11.8 Å². The molecule has 0 aliphatic heterocycles. The van der Waals surface area contributed by atoms with Crippen LogP contribution in [0.1, 0.15) is 25.8 Å². The highest BCUT2D eigenvalue weighted by molar-refractivity contribution is 7.99. The molecular formula is C26H36N4O4S. The maximum atomic E-state index is 13.3. The summed E-state index contributed by atoms with van der Waals surface area (Å²) >= 11 is 1.48. The third kappa shape index (κ3) is 10.00. The lowest BCUT2D eigenvalue weighted by Crippen LogP contribution is -2.53. The lowest BCUT2D eigenvalue weighted by Gasteiger charge is -2.29. The number of hydrogen-bond acceptors (Lipinski definition) is 5.